The molecule has 16 heavy (non-hydrogen) atoms. The van der Waals surface area contributed by atoms with E-state index in [0.717, 1.165) is 24.3 Å². The minimum atomic E-state index is -0.714. The molecule has 1 fully saturated rings. The van der Waals surface area contributed by atoms with E-state index in [2.05, 4.69) is 11.9 Å². The Kier molecular flexibility index (Phi) is 3.29. The largest absolute Gasteiger partial charge is 0.385 e. The highest BCUT2D eigenvalue weighted by molar-refractivity contribution is 5.18. The van der Waals surface area contributed by atoms with Gasteiger partial charge in [-0.25, -0.2) is 0 Å². The van der Waals surface area contributed by atoms with Gasteiger partial charge in [0.15, 0.2) is 0 Å². The summed E-state index contributed by atoms with van der Waals surface area (Å²) in [4.78, 5) is 4.10. The third-order valence-electron chi connectivity index (χ3n) is 4.06. The van der Waals surface area contributed by atoms with Crippen LogP contribution in [0.4, 0.5) is 0 Å². The van der Waals surface area contributed by atoms with Crippen molar-refractivity contribution in [2.75, 3.05) is 0 Å². The molecule has 0 bridgehead atoms. The fourth-order valence-electron chi connectivity index (χ4n) is 2.72. The smallest absolute Gasteiger partial charge is 0.0911 e. The van der Waals surface area contributed by atoms with Gasteiger partial charge in [-0.3, -0.25) is 4.98 Å². The van der Waals surface area contributed by atoms with Crippen LogP contribution in [-0.2, 0) is 5.60 Å². The van der Waals surface area contributed by atoms with Gasteiger partial charge < -0.3 is 5.11 Å². The molecule has 0 aromatic carbocycles. The van der Waals surface area contributed by atoms with Crippen LogP contribution in [0.25, 0.3) is 0 Å². The van der Waals surface area contributed by atoms with E-state index in [9.17, 15) is 5.11 Å². The zero-order valence-electron chi connectivity index (χ0n) is 10.2. The molecule has 0 aliphatic heterocycles. The molecule has 0 radical (unpaired) electrons. The van der Waals surface area contributed by atoms with Crippen molar-refractivity contribution in [1.29, 1.82) is 0 Å². The third kappa shape index (κ3) is 2.27. The molecule has 1 aromatic heterocycles. The van der Waals surface area contributed by atoms with Crippen LogP contribution in [0.1, 0.15) is 45.1 Å². The first kappa shape index (κ1) is 11.6. The molecule has 88 valence electrons. The second kappa shape index (κ2) is 4.54. The van der Waals surface area contributed by atoms with Gasteiger partial charge in [0.1, 0.15) is 0 Å². The molecule has 1 aromatic rings. The van der Waals surface area contributed by atoms with Crippen molar-refractivity contribution >= 4 is 0 Å². The van der Waals surface area contributed by atoms with Crippen molar-refractivity contribution < 1.29 is 5.11 Å². The molecule has 2 rings (SSSR count). The summed E-state index contributed by atoms with van der Waals surface area (Å²) in [7, 11) is 0. The lowest BCUT2D eigenvalue weighted by Crippen LogP contribution is -2.34. The van der Waals surface area contributed by atoms with Crippen LogP contribution >= 0.6 is 0 Å². The Hall–Kier alpha value is -0.890. The standard InChI is InChI=1S/C14H21NO/c1-11-5-7-12(8-6-11)14(2,16)13-4-3-9-15-10-13/h3-4,9-12,16H,5-8H2,1-2H3. The van der Waals surface area contributed by atoms with Crippen molar-refractivity contribution in [1.82, 2.24) is 4.98 Å². The molecule has 1 aliphatic carbocycles. The molecule has 1 N–H and O–H groups in total. The maximum Gasteiger partial charge on any atom is 0.0911 e. The molecule has 2 nitrogen and oxygen atoms in total. The van der Waals surface area contributed by atoms with E-state index in [0.29, 0.717) is 5.92 Å². The Morgan fingerprint density at radius 2 is 2.00 bits per heavy atom. The summed E-state index contributed by atoms with van der Waals surface area (Å²) in [6, 6.07) is 3.88. The Balaban J connectivity index is 2.13. The molecule has 2 heteroatoms. The van der Waals surface area contributed by atoms with Crippen molar-refractivity contribution in [2.45, 2.75) is 45.1 Å². The van der Waals surface area contributed by atoms with Crippen LogP contribution in [0, 0.1) is 11.8 Å². The molecular weight excluding hydrogens is 198 g/mol. The lowest BCUT2D eigenvalue weighted by atomic mass is 9.72. The summed E-state index contributed by atoms with van der Waals surface area (Å²) >= 11 is 0. The summed E-state index contributed by atoms with van der Waals surface area (Å²) in [5.74, 6) is 1.20. The Bertz CT molecular complexity index is 326. The summed E-state index contributed by atoms with van der Waals surface area (Å²) < 4.78 is 0. The first-order valence-electron chi connectivity index (χ1n) is 6.23. The second-order valence-corrected chi connectivity index (χ2v) is 5.35. The summed E-state index contributed by atoms with van der Waals surface area (Å²) in [5.41, 5.74) is 0.239. The van der Waals surface area contributed by atoms with Gasteiger partial charge in [0.25, 0.3) is 0 Å². The van der Waals surface area contributed by atoms with Crippen LogP contribution in [0.5, 0.6) is 0 Å². The average Bonchev–Trinajstić information content (AvgIpc) is 2.31. The van der Waals surface area contributed by atoms with Crippen LogP contribution < -0.4 is 0 Å². The minimum Gasteiger partial charge on any atom is -0.385 e. The minimum absolute atomic E-state index is 0.382. The molecule has 1 heterocycles. The van der Waals surface area contributed by atoms with Gasteiger partial charge in [0.2, 0.25) is 0 Å². The first-order chi connectivity index (χ1) is 7.60. The van der Waals surface area contributed by atoms with E-state index < -0.39 is 5.60 Å². The van der Waals surface area contributed by atoms with Gasteiger partial charge in [0, 0.05) is 18.0 Å². The van der Waals surface area contributed by atoms with Gasteiger partial charge in [-0.2, -0.15) is 0 Å². The average molecular weight is 219 g/mol. The van der Waals surface area contributed by atoms with Crippen LogP contribution in [0.15, 0.2) is 24.5 Å². The van der Waals surface area contributed by atoms with Crippen molar-refractivity contribution in [3.05, 3.63) is 30.1 Å². The number of pyridine rings is 1. The number of aromatic nitrogens is 1. The van der Waals surface area contributed by atoms with E-state index in [-0.39, 0.29) is 0 Å². The van der Waals surface area contributed by atoms with Gasteiger partial charge in [0.05, 0.1) is 5.60 Å². The van der Waals surface area contributed by atoms with Crippen molar-refractivity contribution in [3.8, 4) is 0 Å². The Morgan fingerprint density at radius 3 is 2.56 bits per heavy atom. The topological polar surface area (TPSA) is 33.1 Å². The molecular formula is C14H21NO. The Morgan fingerprint density at radius 1 is 1.31 bits per heavy atom. The van der Waals surface area contributed by atoms with Gasteiger partial charge >= 0.3 is 0 Å². The molecule has 1 saturated carbocycles. The maximum absolute atomic E-state index is 10.7. The monoisotopic (exact) mass is 219 g/mol. The van der Waals surface area contributed by atoms with Gasteiger partial charge in [-0.05, 0) is 37.7 Å². The third-order valence-corrected chi connectivity index (χ3v) is 4.06. The number of aliphatic hydroxyl groups is 1. The predicted octanol–water partition coefficient (Wildman–Crippen LogP) is 3.12. The van der Waals surface area contributed by atoms with Crippen LogP contribution in [-0.4, -0.2) is 10.1 Å². The van der Waals surface area contributed by atoms with Crippen LogP contribution in [0.3, 0.4) is 0 Å². The molecule has 1 atom stereocenters. The normalized spacial score (nSPS) is 29.7. The fraction of sp³-hybridized carbons (Fsp3) is 0.643. The summed E-state index contributed by atoms with van der Waals surface area (Å²) in [6.45, 7) is 4.24. The molecule has 0 saturated heterocycles. The van der Waals surface area contributed by atoms with E-state index >= 15 is 0 Å². The van der Waals surface area contributed by atoms with E-state index in [1.165, 1.54) is 12.8 Å². The van der Waals surface area contributed by atoms with Crippen molar-refractivity contribution in [2.24, 2.45) is 11.8 Å². The van der Waals surface area contributed by atoms with Gasteiger partial charge in [-0.1, -0.05) is 25.8 Å². The number of hydrogen-bond donors (Lipinski definition) is 1. The Labute approximate surface area is 97.7 Å². The number of rotatable bonds is 2. The highest BCUT2D eigenvalue weighted by atomic mass is 16.3. The quantitative estimate of drug-likeness (QED) is 0.829. The highest BCUT2D eigenvalue weighted by Crippen LogP contribution is 2.40. The zero-order chi connectivity index (χ0) is 11.6. The van der Waals surface area contributed by atoms with E-state index in [4.69, 9.17) is 0 Å². The molecule has 1 unspecified atom stereocenters. The lowest BCUT2D eigenvalue weighted by Gasteiger charge is -2.37. The molecule has 0 amide bonds. The lowest BCUT2D eigenvalue weighted by molar-refractivity contribution is -0.0267. The summed E-state index contributed by atoms with van der Waals surface area (Å²) in [5, 5.41) is 10.7. The summed E-state index contributed by atoms with van der Waals surface area (Å²) in [6.07, 6.45) is 8.27. The molecule has 1 aliphatic rings. The van der Waals surface area contributed by atoms with Crippen molar-refractivity contribution in [3.63, 3.8) is 0 Å². The van der Waals surface area contributed by atoms with E-state index in [1.807, 2.05) is 19.1 Å². The maximum atomic E-state index is 10.7. The first-order valence-corrected chi connectivity index (χ1v) is 6.23. The highest BCUT2D eigenvalue weighted by Gasteiger charge is 2.35. The van der Waals surface area contributed by atoms with E-state index in [1.54, 1.807) is 12.4 Å². The molecule has 0 spiro atoms. The van der Waals surface area contributed by atoms with Crippen LogP contribution in [0.2, 0.25) is 0 Å². The SMILES string of the molecule is CC1CCC(C(C)(O)c2cccnc2)CC1. The zero-order valence-corrected chi connectivity index (χ0v) is 10.2. The second-order valence-electron chi connectivity index (χ2n) is 5.35. The fourth-order valence-corrected chi connectivity index (χ4v) is 2.72. The van der Waals surface area contributed by atoms with Gasteiger partial charge in [-0.15, -0.1) is 0 Å². The number of nitrogens with zero attached hydrogens (tertiary/aromatic N) is 1. The predicted molar refractivity (Wildman–Crippen MR) is 64.9 cm³/mol. The number of hydrogen-bond acceptors (Lipinski definition) is 2.